The minimum absolute atomic E-state index is 0.00873. The monoisotopic (exact) mass is 272 g/mol. The lowest BCUT2D eigenvalue weighted by Gasteiger charge is -2.17. The van der Waals surface area contributed by atoms with Gasteiger partial charge in [-0.2, -0.15) is 0 Å². The number of aromatic nitrogens is 4. The van der Waals surface area contributed by atoms with Crippen LogP contribution in [0.4, 0.5) is 0 Å². The van der Waals surface area contributed by atoms with Crippen LogP contribution in [-0.2, 0) is 4.74 Å². The Morgan fingerprint density at radius 2 is 2.41 bits per heavy atom. The van der Waals surface area contributed by atoms with Gasteiger partial charge in [-0.3, -0.25) is 4.57 Å². The van der Waals surface area contributed by atoms with Crippen LogP contribution in [0.1, 0.15) is 6.23 Å². The fourth-order valence-electron chi connectivity index (χ4n) is 1.68. The lowest BCUT2D eigenvalue weighted by atomic mass is 10.4. The highest BCUT2D eigenvalue weighted by Crippen LogP contribution is 2.35. The molecular formula is C9H9ClN4O2S. The predicted octanol–water partition coefficient (Wildman–Crippen LogP) is 1.01. The van der Waals surface area contributed by atoms with E-state index in [0.717, 1.165) is 5.75 Å². The Labute approximate surface area is 106 Å². The molecule has 0 bridgehead atoms. The molecule has 0 aromatic carbocycles. The third kappa shape index (κ3) is 1.89. The van der Waals surface area contributed by atoms with Crippen molar-refractivity contribution in [3.05, 3.63) is 17.8 Å². The van der Waals surface area contributed by atoms with Crippen molar-refractivity contribution in [1.29, 1.82) is 0 Å². The molecule has 3 aliphatic rings. The van der Waals surface area contributed by atoms with Gasteiger partial charge in [0.15, 0.2) is 5.82 Å². The van der Waals surface area contributed by atoms with Crippen molar-refractivity contribution < 1.29 is 9.84 Å². The van der Waals surface area contributed by atoms with Crippen molar-refractivity contribution in [2.75, 3.05) is 12.4 Å². The van der Waals surface area contributed by atoms with Crippen molar-refractivity contribution in [3.8, 4) is 11.5 Å². The number of aliphatic hydroxyl groups excluding tert-OH is 1. The minimum atomic E-state index is -0.224. The molecule has 3 heterocycles. The first-order chi connectivity index (χ1) is 8.29. The first-order valence-electron chi connectivity index (χ1n) is 5.00. The van der Waals surface area contributed by atoms with Crippen molar-refractivity contribution in [1.82, 2.24) is 19.5 Å². The molecule has 17 heavy (non-hydrogen) atoms. The first kappa shape index (κ1) is 11.2. The van der Waals surface area contributed by atoms with Gasteiger partial charge in [-0.25, -0.2) is 15.0 Å². The zero-order valence-corrected chi connectivity index (χ0v) is 10.2. The average Bonchev–Trinajstić information content (AvgIpc) is 2.97. The molecule has 6 nitrogen and oxygen atoms in total. The van der Waals surface area contributed by atoms with Crippen molar-refractivity contribution in [2.24, 2.45) is 0 Å². The van der Waals surface area contributed by atoms with Gasteiger partial charge in [0.05, 0.1) is 6.61 Å². The van der Waals surface area contributed by atoms with Crippen molar-refractivity contribution in [3.63, 3.8) is 0 Å². The number of imidazole rings is 1. The van der Waals surface area contributed by atoms with E-state index in [-0.39, 0.29) is 18.3 Å². The average molecular weight is 273 g/mol. The van der Waals surface area contributed by atoms with Gasteiger partial charge in [-0.15, -0.1) is 11.8 Å². The van der Waals surface area contributed by atoms with Crippen molar-refractivity contribution >= 4 is 23.4 Å². The highest BCUT2D eigenvalue weighted by Gasteiger charge is 2.29. The molecule has 0 amide bonds. The molecule has 2 atom stereocenters. The molecule has 0 aromatic heterocycles. The van der Waals surface area contributed by atoms with Crippen LogP contribution >= 0.6 is 23.4 Å². The molecule has 1 N–H and O–H groups in total. The van der Waals surface area contributed by atoms with Crippen molar-refractivity contribution in [2.45, 2.75) is 11.7 Å². The number of ether oxygens (including phenoxy) is 1. The lowest BCUT2D eigenvalue weighted by Crippen LogP contribution is -2.16. The summed E-state index contributed by atoms with van der Waals surface area (Å²) in [4.78, 5) is 12.2. The summed E-state index contributed by atoms with van der Waals surface area (Å²) >= 11 is 7.77. The van der Waals surface area contributed by atoms with Crippen LogP contribution in [0.3, 0.4) is 0 Å². The number of hydrogen-bond donors (Lipinski definition) is 1. The molecule has 3 rings (SSSR count). The fourth-order valence-corrected chi connectivity index (χ4v) is 2.89. The van der Waals surface area contributed by atoms with E-state index in [4.69, 9.17) is 21.4 Å². The molecule has 0 aromatic rings. The summed E-state index contributed by atoms with van der Waals surface area (Å²) in [6.45, 7) is -0.00873. The summed E-state index contributed by atoms with van der Waals surface area (Å²) in [5.41, 5.74) is 0.361. The fraction of sp³-hybridized carbons (Fsp3) is 0.444. The number of aliphatic hydroxyl groups is 1. The molecule has 0 saturated carbocycles. The number of hydrogen-bond acceptors (Lipinski definition) is 6. The van der Waals surface area contributed by atoms with Gasteiger partial charge in [-0.1, -0.05) is 11.6 Å². The second-order valence-electron chi connectivity index (χ2n) is 3.52. The van der Waals surface area contributed by atoms with Gasteiger partial charge in [0.25, 0.3) is 0 Å². The van der Waals surface area contributed by atoms with E-state index >= 15 is 0 Å². The molecule has 3 aliphatic heterocycles. The van der Waals surface area contributed by atoms with Crippen LogP contribution in [0, 0.1) is 0 Å². The van der Waals surface area contributed by atoms with E-state index in [2.05, 4.69) is 15.0 Å². The standard InChI is InChI=1S/C9H9ClN4O2S/c10-8-7-9(12-3-11-7)13-4-14(8)5-2-17-6(1-15)16-5/h3-6,15H,1-2H2. The molecule has 1 saturated heterocycles. The van der Waals surface area contributed by atoms with Crippen LogP contribution < -0.4 is 0 Å². The molecule has 0 radical (unpaired) electrons. The van der Waals surface area contributed by atoms with E-state index in [1.54, 1.807) is 22.7 Å². The Kier molecular flexibility index (Phi) is 2.91. The molecule has 0 spiro atoms. The van der Waals surface area contributed by atoms with Gasteiger partial charge in [0.2, 0.25) is 0 Å². The van der Waals surface area contributed by atoms with Gasteiger partial charge in [0, 0.05) is 5.75 Å². The highest BCUT2D eigenvalue weighted by atomic mass is 35.5. The minimum Gasteiger partial charge on any atom is -0.393 e. The number of halogens is 1. The zero-order valence-electron chi connectivity index (χ0n) is 8.65. The Morgan fingerprint density at radius 1 is 1.53 bits per heavy atom. The topological polar surface area (TPSA) is 73.1 Å². The second-order valence-corrected chi connectivity index (χ2v) is 5.08. The summed E-state index contributed by atoms with van der Waals surface area (Å²) < 4.78 is 7.32. The van der Waals surface area contributed by atoms with Crippen LogP contribution in [-0.4, -0.2) is 42.4 Å². The number of nitrogens with zero attached hydrogens (tertiary/aromatic N) is 4. The maximum Gasteiger partial charge on any atom is 0.184 e. The summed E-state index contributed by atoms with van der Waals surface area (Å²) in [7, 11) is 0. The number of rotatable bonds is 2. The summed E-state index contributed by atoms with van der Waals surface area (Å²) in [6, 6.07) is 0. The third-order valence-corrected chi connectivity index (χ3v) is 3.98. The highest BCUT2D eigenvalue weighted by molar-refractivity contribution is 8.00. The lowest BCUT2D eigenvalue weighted by molar-refractivity contribution is -0.00436. The molecular weight excluding hydrogens is 264 g/mol. The van der Waals surface area contributed by atoms with Crippen LogP contribution in [0.2, 0.25) is 5.15 Å². The first-order valence-corrected chi connectivity index (χ1v) is 6.43. The largest absolute Gasteiger partial charge is 0.393 e. The van der Waals surface area contributed by atoms with Crippen LogP contribution in [0.25, 0.3) is 11.5 Å². The Bertz CT molecular complexity index is 508. The molecule has 8 heteroatoms. The van der Waals surface area contributed by atoms with E-state index in [1.165, 1.54) is 6.33 Å². The van der Waals surface area contributed by atoms with Gasteiger partial charge in [0.1, 0.15) is 35.2 Å². The SMILES string of the molecule is OCC1OC(n2cnc3ncnc-3c2Cl)CS1. The van der Waals surface area contributed by atoms with Crippen LogP contribution in [0.15, 0.2) is 12.7 Å². The summed E-state index contributed by atoms with van der Waals surface area (Å²) in [6.07, 6.45) is 2.79. The zero-order chi connectivity index (χ0) is 11.8. The second kappa shape index (κ2) is 4.41. The normalized spacial score (nSPS) is 24.6. The van der Waals surface area contributed by atoms with Gasteiger partial charge < -0.3 is 9.84 Å². The Morgan fingerprint density at radius 3 is 3.18 bits per heavy atom. The molecule has 1 fully saturated rings. The van der Waals surface area contributed by atoms with Gasteiger partial charge >= 0.3 is 0 Å². The number of fused-ring (bicyclic) bond motifs is 1. The molecule has 90 valence electrons. The van der Waals surface area contributed by atoms with Crippen LogP contribution in [0.5, 0.6) is 0 Å². The molecule has 2 unspecified atom stereocenters. The number of thioether (sulfide) groups is 1. The summed E-state index contributed by atoms with van der Waals surface area (Å²) in [5.74, 6) is 1.24. The smallest absolute Gasteiger partial charge is 0.184 e. The van der Waals surface area contributed by atoms with Gasteiger partial charge in [-0.05, 0) is 0 Å². The predicted molar refractivity (Wildman–Crippen MR) is 62.9 cm³/mol. The maximum atomic E-state index is 9.01. The van der Waals surface area contributed by atoms with E-state index < -0.39 is 0 Å². The van der Waals surface area contributed by atoms with E-state index in [1.807, 2.05) is 0 Å². The quantitative estimate of drug-likeness (QED) is 0.823. The molecule has 0 aliphatic carbocycles. The third-order valence-electron chi connectivity index (χ3n) is 2.50. The Hall–Kier alpha value is -0.890. The van der Waals surface area contributed by atoms with E-state index in [9.17, 15) is 0 Å². The maximum absolute atomic E-state index is 9.01. The Balaban J connectivity index is 1.96. The summed E-state index contributed by atoms with van der Waals surface area (Å²) in [5, 5.41) is 9.47. The van der Waals surface area contributed by atoms with E-state index in [0.29, 0.717) is 16.7 Å².